The molecule has 1 aliphatic rings. The molecule has 2 rings (SSSR count). The molecule has 1 nitrogen and oxygen atoms in total. The number of rotatable bonds is 2. The maximum absolute atomic E-state index is 12.4. The average Bonchev–Trinajstić information content (AvgIpc) is 2.29. The Morgan fingerprint density at radius 2 is 1.56 bits per heavy atom. The molecule has 0 saturated heterocycles. The third-order valence-electron chi connectivity index (χ3n) is 3.60. The van der Waals surface area contributed by atoms with Crippen molar-refractivity contribution in [1.29, 1.82) is 0 Å². The molecule has 0 amide bonds. The van der Waals surface area contributed by atoms with Crippen LogP contribution in [0, 0.1) is 0 Å². The van der Waals surface area contributed by atoms with Crippen LogP contribution < -0.4 is 0 Å². The van der Waals surface area contributed by atoms with E-state index in [0.29, 0.717) is 6.42 Å². The van der Waals surface area contributed by atoms with E-state index in [1.54, 1.807) is 0 Å². The second-order valence-electron chi connectivity index (χ2n) is 5.16. The van der Waals surface area contributed by atoms with Crippen molar-refractivity contribution in [3.05, 3.63) is 35.4 Å². The first kappa shape index (κ1) is 13.4. The number of alkyl halides is 3. The SMILES string of the molecule is OC1(Cc2ccc(C(F)(F)F)cc2)CCCCC1. The highest BCUT2D eigenvalue weighted by atomic mass is 19.4. The van der Waals surface area contributed by atoms with Crippen molar-refractivity contribution >= 4 is 0 Å². The molecule has 4 heteroatoms. The summed E-state index contributed by atoms with van der Waals surface area (Å²) in [5, 5.41) is 10.3. The van der Waals surface area contributed by atoms with Crippen LogP contribution in [-0.2, 0) is 12.6 Å². The number of aliphatic hydroxyl groups is 1. The molecular weight excluding hydrogens is 241 g/mol. The lowest BCUT2D eigenvalue weighted by Crippen LogP contribution is -2.33. The van der Waals surface area contributed by atoms with Gasteiger partial charge in [0.1, 0.15) is 0 Å². The summed E-state index contributed by atoms with van der Waals surface area (Å²) in [5.74, 6) is 0. The standard InChI is InChI=1S/C14H17F3O/c15-14(16,17)12-6-4-11(5-7-12)10-13(18)8-2-1-3-9-13/h4-7,18H,1-3,8-10H2. The predicted octanol–water partition coefficient (Wildman–Crippen LogP) is 3.94. The summed E-state index contributed by atoms with van der Waals surface area (Å²) < 4.78 is 37.2. The maximum Gasteiger partial charge on any atom is 0.416 e. The molecule has 0 atom stereocenters. The monoisotopic (exact) mass is 258 g/mol. The van der Waals surface area contributed by atoms with E-state index in [1.165, 1.54) is 12.1 Å². The van der Waals surface area contributed by atoms with E-state index in [9.17, 15) is 18.3 Å². The molecule has 0 heterocycles. The van der Waals surface area contributed by atoms with E-state index < -0.39 is 17.3 Å². The molecule has 18 heavy (non-hydrogen) atoms. The molecule has 1 aliphatic carbocycles. The maximum atomic E-state index is 12.4. The molecular formula is C14H17F3O. The number of halogens is 3. The lowest BCUT2D eigenvalue weighted by atomic mass is 9.80. The van der Waals surface area contributed by atoms with Crippen molar-refractivity contribution < 1.29 is 18.3 Å². The van der Waals surface area contributed by atoms with Crippen molar-refractivity contribution in [2.75, 3.05) is 0 Å². The van der Waals surface area contributed by atoms with Gasteiger partial charge in [0.25, 0.3) is 0 Å². The quantitative estimate of drug-likeness (QED) is 0.851. The van der Waals surface area contributed by atoms with Crippen LogP contribution in [0.4, 0.5) is 13.2 Å². The Bertz CT molecular complexity index is 388. The molecule has 0 aromatic heterocycles. The fourth-order valence-corrected chi connectivity index (χ4v) is 2.58. The van der Waals surface area contributed by atoms with Gasteiger partial charge >= 0.3 is 6.18 Å². The topological polar surface area (TPSA) is 20.2 Å². The van der Waals surface area contributed by atoms with Crippen LogP contribution in [0.15, 0.2) is 24.3 Å². The largest absolute Gasteiger partial charge is 0.416 e. The number of hydrogen-bond donors (Lipinski definition) is 1. The Morgan fingerprint density at radius 3 is 2.06 bits per heavy atom. The molecule has 1 aromatic carbocycles. The molecule has 1 N–H and O–H groups in total. The summed E-state index contributed by atoms with van der Waals surface area (Å²) in [4.78, 5) is 0. The Morgan fingerprint density at radius 1 is 1.00 bits per heavy atom. The van der Waals surface area contributed by atoms with Gasteiger partial charge in [-0.3, -0.25) is 0 Å². The molecule has 0 bridgehead atoms. The molecule has 0 unspecified atom stereocenters. The van der Waals surface area contributed by atoms with Crippen molar-refractivity contribution in [2.24, 2.45) is 0 Å². The lowest BCUT2D eigenvalue weighted by Gasteiger charge is -2.32. The van der Waals surface area contributed by atoms with Crippen LogP contribution in [0.2, 0.25) is 0 Å². The average molecular weight is 258 g/mol. The Balaban J connectivity index is 2.06. The summed E-state index contributed by atoms with van der Waals surface area (Å²) in [5.41, 5.74) is -0.591. The summed E-state index contributed by atoms with van der Waals surface area (Å²) in [6.45, 7) is 0. The van der Waals surface area contributed by atoms with Gasteiger partial charge in [-0.15, -0.1) is 0 Å². The van der Waals surface area contributed by atoms with E-state index in [-0.39, 0.29) is 0 Å². The second-order valence-corrected chi connectivity index (χ2v) is 5.16. The van der Waals surface area contributed by atoms with Gasteiger partial charge in [-0.25, -0.2) is 0 Å². The zero-order chi connectivity index (χ0) is 13.2. The van der Waals surface area contributed by atoms with Gasteiger partial charge < -0.3 is 5.11 Å². The van der Waals surface area contributed by atoms with Gasteiger partial charge in [-0.05, 0) is 30.5 Å². The predicted molar refractivity (Wildman–Crippen MR) is 63.2 cm³/mol. The van der Waals surface area contributed by atoms with E-state index >= 15 is 0 Å². The van der Waals surface area contributed by atoms with Crippen molar-refractivity contribution in [2.45, 2.75) is 50.3 Å². The smallest absolute Gasteiger partial charge is 0.390 e. The van der Waals surface area contributed by atoms with Gasteiger partial charge in [-0.1, -0.05) is 31.4 Å². The zero-order valence-corrected chi connectivity index (χ0v) is 10.1. The minimum absolute atomic E-state index is 0.450. The van der Waals surface area contributed by atoms with Gasteiger partial charge in [-0.2, -0.15) is 13.2 Å². The van der Waals surface area contributed by atoms with Crippen LogP contribution in [0.3, 0.4) is 0 Å². The normalized spacial score (nSPS) is 19.8. The second kappa shape index (κ2) is 4.92. The first-order chi connectivity index (χ1) is 8.39. The molecule has 1 saturated carbocycles. The lowest BCUT2D eigenvalue weighted by molar-refractivity contribution is -0.137. The number of benzene rings is 1. The highest BCUT2D eigenvalue weighted by Crippen LogP contribution is 2.33. The Hall–Kier alpha value is -1.03. The van der Waals surface area contributed by atoms with Crippen LogP contribution in [0.25, 0.3) is 0 Å². The molecule has 0 radical (unpaired) electrons. The molecule has 100 valence electrons. The summed E-state index contributed by atoms with van der Waals surface area (Å²) in [6, 6.07) is 5.10. The molecule has 1 aromatic rings. The summed E-state index contributed by atoms with van der Waals surface area (Å²) >= 11 is 0. The van der Waals surface area contributed by atoms with Crippen LogP contribution in [0.1, 0.15) is 43.2 Å². The van der Waals surface area contributed by atoms with Gasteiger partial charge in [0.05, 0.1) is 11.2 Å². The molecule has 0 aliphatic heterocycles. The minimum atomic E-state index is -4.29. The van der Waals surface area contributed by atoms with E-state index in [1.807, 2.05) is 0 Å². The van der Waals surface area contributed by atoms with Crippen LogP contribution in [-0.4, -0.2) is 10.7 Å². The van der Waals surface area contributed by atoms with Gasteiger partial charge in [0.15, 0.2) is 0 Å². The van der Waals surface area contributed by atoms with Crippen LogP contribution >= 0.6 is 0 Å². The number of hydrogen-bond acceptors (Lipinski definition) is 1. The van der Waals surface area contributed by atoms with Crippen molar-refractivity contribution in [3.63, 3.8) is 0 Å². The van der Waals surface area contributed by atoms with Crippen molar-refractivity contribution in [1.82, 2.24) is 0 Å². The van der Waals surface area contributed by atoms with E-state index in [4.69, 9.17) is 0 Å². The Labute approximate surface area is 105 Å². The minimum Gasteiger partial charge on any atom is -0.390 e. The van der Waals surface area contributed by atoms with Gasteiger partial charge in [0, 0.05) is 6.42 Å². The highest BCUT2D eigenvalue weighted by Gasteiger charge is 2.31. The zero-order valence-electron chi connectivity index (χ0n) is 10.1. The third kappa shape index (κ3) is 3.25. The first-order valence-corrected chi connectivity index (χ1v) is 6.28. The molecule has 1 fully saturated rings. The summed E-state index contributed by atoms with van der Waals surface area (Å²) in [7, 11) is 0. The van der Waals surface area contributed by atoms with E-state index in [2.05, 4.69) is 0 Å². The van der Waals surface area contributed by atoms with Crippen LogP contribution in [0.5, 0.6) is 0 Å². The van der Waals surface area contributed by atoms with E-state index in [0.717, 1.165) is 49.8 Å². The fraction of sp³-hybridized carbons (Fsp3) is 0.571. The Kier molecular flexibility index (Phi) is 3.66. The summed E-state index contributed by atoms with van der Waals surface area (Å²) in [6.07, 6.45) is 0.775. The molecule has 0 spiro atoms. The van der Waals surface area contributed by atoms with Gasteiger partial charge in [0.2, 0.25) is 0 Å². The fourth-order valence-electron chi connectivity index (χ4n) is 2.58. The highest BCUT2D eigenvalue weighted by molar-refractivity contribution is 5.25. The first-order valence-electron chi connectivity index (χ1n) is 6.28. The third-order valence-corrected chi connectivity index (χ3v) is 3.60. The van der Waals surface area contributed by atoms with Crippen molar-refractivity contribution in [3.8, 4) is 0 Å².